The largest absolute Gasteiger partial charge is 0.387 e. The number of nitrogens with two attached hydrogens (primary N) is 1. The van der Waals surface area contributed by atoms with Crippen LogP contribution in [0.4, 0.5) is 4.39 Å². The Labute approximate surface area is 124 Å². The lowest BCUT2D eigenvalue weighted by molar-refractivity contribution is 0.152. The second-order valence-corrected chi connectivity index (χ2v) is 6.73. The van der Waals surface area contributed by atoms with E-state index in [4.69, 9.17) is 5.73 Å². The molecule has 1 aromatic carbocycles. The summed E-state index contributed by atoms with van der Waals surface area (Å²) in [7, 11) is 0. The molecule has 0 amide bonds. The zero-order valence-corrected chi connectivity index (χ0v) is 12.3. The van der Waals surface area contributed by atoms with Gasteiger partial charge in [0.1, 0.15) is 5.82 Å². The number of hydrogen-bond donors (Lipinski definition) is 2. The van der Waals surface area contributed by atoms with Gasteiger partial charge in [-0.2, -0.15) is 0 Å². The van der Waals surface area contributed by atoms with Crippen LogP contribution in [-0.4, -0.2) is 11.7 Å². The number of hydrogen-bond acceptors (Lipinski definition) is 4. The molecule has 0 saturated heterocycles. The maximum absolute atomic E-state index is 13.2. The van der Waals surface area contributed by atoms with E-state index < -0.39 is 6.10 Å². The average molecular weight is 307 g/mol. The van der Waals surface area contributed by atoms with Crippen molar-refractivity contribution in [3.63, 3.8) is 0 Å². The third-order valence-corrected chi connectivity index (χ3v) is 5.51. The van der Waals surface area contributed by atoms with Crippen LogP contribution in [0.2, 0.25) is 0 Å². The second kappa shape index (κ2) is 5.61. The topological polar surface area (TPSA) is 46.2 Å². The van der Waals surface area contributed by atoms with Crippen molar-refractivity contribution >= 4 is 32.8 Å². The van der Waals surface area contributed by atoms with Crippen molar-refractivity contribution < 1.29 is 9.50 Å². The van der Waals surface area contributed by atoms with E-state index in [9.17, 15) is 9.50 Å². The van der Waals surface area contributed by atoms with Crippen molar-refractivity contribution in [2.24, 2.45) is 5.73 Å². The highest BCUT2D eigenvalue weighted by atomic mass is 32.1. The van der Waals surface area contributed by atoms with Gasteiger partial charge in [-0.1, -0.05) is 12.1 Å². The number of fused-ring (bicyclic) bond motifs is 1. The first kappa shape index (κ1) is 13.7. The first-order chi connectivity index (χ1) is 9.69. The summed E-state index contributed by atoms with van der Waals surface area (Å²) < 4.78 is 14.1. The SMILES string of the molecule is NCC(c1cccs1)C(O)c1cc2ccc(F)cc2s1. The van der Waals surface area contributed by atoms with E-state index in [1.807, 2.05) is 23.6 Å². The maximum Gasteiger partial charge on any atom is 0.124 e. The Balaban J connectivity index is 1.96. The molecule has 2 nitrogen and oxygen atoms in total. The fraction of sp³-hybridized carbons (Fsp3) is 0.200. The number of rotatable bonds is 4. The molecule has 3 N–H and O–H groups in total. The minimum absolute atomic E-state index is 0.118. The smallest absolute Gasteiger partial charge is 0.124 e. The first-order valence-corrected chi connectivity index (χ1v) is 7.99. The van der Waals surface area contributed by atoms with Crippen molar-refractivity contribution in [3.05, 3.63) is 57.3 Å². The van der Waals surface area contributed by atoms with Gasteiger partial charge >= 0.3 is 0 Å². The molecule has 2 unspecified atom stereocenters. The molecule has 2 heterocycles. The van der Waals surface area contributed by atoms with Crippen molar-refractivity contribution in [1.29, 1.82) is 0 Å². The van der Waals surface area contributed by atoms with Crippen LogP contribution in [0.25, 0.3) is 10.1 Å². The van der Waals surface area contributed by atoms with Crippen LogP contribution in [0.3, 0.4) is 0 Å². The highest BCUT2D eigenvalue weighted by Crippen LogP contribution is 2.38. The van der Waals surface area contributed by atoms with Crippen LogP contribution in [0.5, 0.6) is 0 Å². The van der Waals surface area contributed by atoms with E-state index in [-0.39, 0.29) is 11.7 Å². The van der Waals surface area contributed by atoms with E-state index in [0.717, 1.165) is 19.8 Å². The lowest BCUT2D eigenvalue weighted by Crippen LogP contribution is -2.18. The lowest BCUT2D eigenvalue weighted by Gasteiger charge is -2.19. The monoisotopic (exact) mass is 307 g/mol. The van der Waals surface area contributed by atoms with Crippen LogP contribution in [0.15, 0.2) is 41.8 Å². The lowest BCUT2D eigenvalue weighted by atomic mass is 9.99. The third kappa shape index (κ3) is 2.50. The molecule has 2 aromatic heterocycles. The fourth-order valence-corrected chi connectivity index (χ4v) is 4.28. The summed E-state index contributed by atoms with van der Waals surface area (Å²) in [6, 6.07) is 10.5. The average Bonchev–Trinajstić information content (AvgIpc) is 3.07. The fourth-order valence-electron chi connectivity index (χ4n) is 2.27. The molecule has 20 heavy (non-hydrogen) atoms. The molecule has 0 spiro atoms. The van der Waals surface area contributed by atoms with Gasteiger partial charge in [0.25, 0.3) is 0 Å². The molecule has 0 saturated carbocycles. The van der Waals surface area contributed by atoms with Gasteiger partial charge in [-0.25, -0.2) is 4.39 Å². The van der Waals surface area contributed by atoms with Crippen LogP contribution in [0.1, 0.15) is 21.8 Å². The zero-order valence-electron chi connectivity index (χ0n) is 10.6. The molecule has 0 aliphatic rings. The highest BCUT2D eigenvalue weighted by molar-refractivity contribution is 7.19. The van der Waals surface area contributed by atoms with Gasteiger partial charge in [0, 0.05) is 26.9 Å². The van der Waals surface area contributed by atoms with Crippen molar-refractivity contribution in [2.45, 2.75) is 12.0 Å². The van der Waals surface area contributed by atoms with Crippen LogP contribution in [0, 0.1) is 5.82 Å². The minimum atomic E-state index is -0.654. The molecule has 0 aliphatic heterocycles. The summed E-state index contributed by atoms with van der Waals surface area (Å²) >= 11 is 3.01. The van der Waals surface area contributed by atoms with E-state index in [1.165, 1.54) is 23.5 Å². The molecule has 3 aromatic rings. The Morgan fingerprint density at radius 1 is 1.20 bits per heavy atom. The Hall–Kier alpha value is -1.27. The maximum atomic E-state index is 13.2. The Kier molecular flexibility index (Phi) is 3.85. The Morgan fingerprint density at radius 2 is 2.05 bits per heavy atom. The molecule has 0 fully saturated rings. The normalized spacial score (nSPS) is 14.6. The number of aliphatic hydroxyl groups is 1. The highest BCUT2D eigenvalue weighted by Gasteiger charge is 2.24. The number of halogens is 1. The van der Waals surface area contributed by atoms with Gasteiger partial charge in [-0.3, -0.25) is 0 Å². The summed E-state index contributed by atoms with van der Waals surface area (Å²) in [6.07, 6.45) is -0.654. The van der Waals surface area contributed by atoms with Gasteiger partial charge in [-0.15, -0.1) is 22.7 Å². The molecule has 0 radical (unpaired) electrons. The van der Waals surface area contributed by atoms with Crippen molar-refractivity contribution in [3.8, 4) is 0 Å². The Bertz CT molecular complexity index is 708. The predicted molar refractivity (Wildman–Crippen MR) is 82.9 cm³/mol. The summed E-state index contributed by atoms with van der Waals surface area (Å²) in [5.74, 6) is -0.373. The summed E-state index contributed by atoms with van der Waals surface area (Å²) in [4.78, 5) is 1.90. The molecule has 5 heteroatoms. The van der Waals surface area contributed by atoms with Crippen LogP contribution >= 0.6 is 22.7 Å². The standard InChI is InChI=1S/C15H14FNOS2/c16-10-4-3-9-6-14(20-13(9)7-10)15(18)11(8-17)12-2-1-5-19-12/h1-7,11,15,18H,8,17H2. The van der Waals surface area contributed by atoms with Crippen LogP contribution < -0.4 is 5.73 Å². The molecular weight excluding hydrogens is 293 g/mol. The minimum Gasteiger partial charge on any atom is -0.387 e. The quantitative estimate of drug-likeness (QED) is 0.768. The number of aliphatic hydroxyl groups excluding tert-OH is 1. The van der Waals surface area contributed by atoms with Gasteiger partial charge in [0.15, 0.2) is 0 Å². The summed E-state index contributed by atoms with van der Waals surface area (Å²) in [5, 5.41) is 13.5. The molecule has 0 aliphatic carbocycles. The summed E-state index contributed by atoms with van der Waals surface area (Å²) in [6.45, 7) is 0.379. The molecule has 0 bridgehead atoms. The van der Waals surface area contributed by atoms with E-state index in [0.29, 0.717) is 6.54 Å². The van der Waals surface area contributed by atoms with E-state index in [1.54, 1.807) is 17.4 Å². The van der Waals surface area contributed by atoms with Crippen molar-refractivity contribution in [1.82, 2.24) is 0 Å². The summed E-state index contributed by atoms with van der Waals surface area (Å²) in [5.41, 5.74) is 5.81. The Morgan fingerprint density at radius 3 is 2.75 bits per heavy atom. The molecule has 2 atom stereocenters. The molecule has 3 rings (SSSR count). The third-order valence-electron chi connectivity index (χ3n) is 3.34. The molecule has 104 valence electrons. The van der Waals surface area contributed by atoms with Gasteiger partial charge in [-0.05, 0) is 35.0 Å². The van der Waals surface area contributed by atoms with Crippen molar-refractivity contribution in [2.75, 3.05) is 6.54 Å². The van der Waals surface area contributed by atoms with Gasteiger partial charge < -0.3 is 10.8 Å². The van der Waals surface area contributed by atoms with Gasteiger partial charge in [0.05, 0.1) is 6.10 Å². The van der Waals surface area contributed by atoms with E-state index >= 15 is 0 Å². The zero-order chi connectivity index (χ0) is 14.1. The second-order valence-electron chi connectivity index (χ2n) is 4.63. The van der Waals surface area contributed by atoms with Gasteiger partial charge in [0.2, 0.25) is 0 Å². The number of thiophene rings is 2. The predicted octanol–water partition coefficient (Wildman–Crippen LogP) is 3.88. The molecular formula is C15H14FNOS2. The number of benzene rings is 1. The van der Waals surface area contributed by atoms with E-state index in [2.05, 4.69) is 0 Å². The van der Waals surface area contributed by atoms with Crippen LogP contribution in [-0.2, 0) is 0 Å². The first-order valence-electron chi connectivity index (χ1n) is 6.29.